The molecule has 1 aliphatic heterocycles. The van der Waals surface area contributed by atoms with Crippen molar-refractivity contribution in [2.75, 3.05) is 19.7 Å². The summed E-state index contributed by atoms with van der Waals surface area (Å²) >= 11 is 5.07. The number of para-hydroxylation sites is 1. The Morgan fingerprint density at radius 3 is 2.86 bits per heavy atom. The van der Waals surface area contributed by atoms with Gasteiger partial charge >= 0.3 is 0 Å². The first-order valence-corrected chi connectivity index (χ1v) is 9.79. The van der Waals surface area contributed by atoms with Crippen molar-refractivity contribution in [1.82, 2.24) is 25.0 Å². The van der Waals surface area contributed by atoms with Gasteiger partial charge in [-0.2, -0.15) is 5.10 Å². The van der Waals surface area contributed by atoms with Gasteiger partial charge in [0.1, 0.15) is 5.75 Å². The molecule has 0 saturated carbocycles. The van der Waals surface area contributed by atoms with Crippen LogP contribution in [0.15, 0.2) is 30.3 Å². The SMILES string of the molecule is Cn1c(CNC(=O)C2CCCN(C(=O)CCOc3ccccc3)C2)n[nH]c1=S. The van der Waals surface area contributed by atoms with Gasteiger partial charge in [-0.05, 0) is 37.2 Å². The second-order valence-corrected chi connectivity index (χ2v) is 7.20. The second-order valence-electron chi connectivity index (χ2n) is 6.81. The molecule has 1 fully saturated rings. The summed E-state index contributed by atoms with van der Waals surface area (Å²) in [6.45, 7) is 1.75. The number of aromatic amines is 1. The summed E-state index contributed by atoms with van der Waals surface area (Å²) in [5, 5.41) is 9.68. The van der Waals surface area contributed by atoms with E-state index >= 15 is 0 Å². The van der Waals surface area contributed by atoms with Crippen molar-refractivity contribution in [2.24, 2.45) is 13.0 Å². The number of H-pyrrole nitrogens is 1. The molecule has 2 amide bonds. The second kappa shape index (κ2) is 9.50. The van der Waals surface area contributed by atoms with E-state index in [4.69, 9.17) is 17.0 Å². The summed E-state index contributed by atoms with van der Waals surface area (Å²) < 4.78 is 7.83. The monoisotopic (exact) mass is 403 g/mol. The lowest BCUT2D eigenvalue weighted by Gasteiger charge is -2.32. The highest BCUT2D eigenvalue weighted by Crippen LogP contribution is 2.18. The van der Waals surface area contributed by atoms with E-state index in [0.29, 0.717) is 43.3 Å². The maximum absolute atomic E-state index is 12.5. The zero-order valence-electron chi connectivity index (χ0n) is 15.9. The number of aromatic nitrogens is 3. The number of carbonyl (C=O) groups is 2. The number of likely N-dealkylation sites (tertiary alicyclic amines) is 1. The highest BCUT2D eigenvalue weighted by Gasteiger charge is 2.28. The molecule has 0 aliphatic carbocycles. The fourth-order valence-corrected chi connectivity index (χ4v) is 3.35. The van der Waals surface area contributed by atoms with Crippen LogP contribution in [0.25, 0.3) is 0 Å². The van der Waals surface area contributed by atoms with Crippen LogP contribution < -0.4 is 10.1 Å². The van der Waals surface area contributed by atoms with Gasteiger partial charge in [0.25, 0.3) is 0 Å². The number of amides is 2. The zero-order valence-corrected chi connectivity index (χ0v) is 16.7. The van der Waals surface area contributed by atoms with Gasteiger partial charge in [-0.3, -0.25) is 14.7 Å². The van der Waals surface area contributed by atoms with Crippen LogP contribution in [0.2, 0.25) is 0 Å². The molecule has 1 unspecified atom stereocenters. The normalized spacial score (nSPS) is 16.6. The van der Waals surface area contributed by atoms with Crippen LogP contribution in [0.1, 0.15) is 25.1 Å². The highest BCUT2D eigenvalue weighted by molar-refractivity contribution is 7.71. The van der Waals surface area contributed by atoms with Crippen LogP contribution in [0.5, 0.6) is 5.75 Å². The molecule has 150 valence electrons. The van der Waals surface area contributed by atoms with Crippen molar-refractivity contribution in [1.29, 1.82) is 0 Å². The maximum Gasteiger partial charge on any atom is 0.226 e. The topological polar surface area (TPSA) is 92.2 Å². The van der Waals surface area contributed by atoms with Crippen LogP contribution in [0, 0.1) is 10.7 Å². The molecular formula is C19H25N5O3S. The van der Waals surface area contributed by atoms with Crippen molar-refractivity contribution in [3.8, 4) is 5.75 Å². The Morgan fingerprint density at radius 2 is 2.14 bits per heavy atom. The number of rotatable bonds is 7. The van der Waals surface area contributed by atoms with Crippen molar-refractivity contribution in [3.05, 3.63) is 40.9 Å². The smallest absolute Gasteiger partial charge is 0.226 e. The first-order chi connectivity index (χ1) is 13.5. The van der Waals surface area contributed by atoms with Crippen LogP contribution in [0.3, 0.4) is 0 Å². The van der Waals surface area contributed by atoms with Crippen molar-refractivity contribution in [3.63, 3.8) is 0 Å². The third-order valence-electron chi connectivity index (χ3n) is 4.87. The van der Waals surface area contributed by atoms with Crippen LogP contribution in [-0.2, 0) is 23.2 Å². The Bertz CT molecular complexity index is 864. The van der Waals surface area contributed by atoms with Crippen LogP contribution in [0.4, 0.5) is 0 Å². The predicted molar refractivity (Wildman–Crippen MR) is 106 cm³/mol. The lowest BCUT2D eigenvalue weighted by atomic mass is 9.97. The average molecular weight is 404 g/mol. The number of carbonyl (C=O) groups excluding carboxylic acids is 2. The zero-order chi connectivity index (χ0) is 19.9. The number of nitrogens with one attached hydrogen (secondary N) is 2. The molecule has 9 heteroatoms. The first kappa shape index (κ1) is 20.1. The van der Waals surface area contributed by atoms with Crippen LogP contribution in [-0.4, -0.2) is 51.2 Å². The van der Waals surface area contributed by atoms with Gasteiger partial charge in [-0.15, -0.1) is 0 Å². The van der Waals surface area contributed by atoms with E-state index in [9.17, 15) is 9.59 Å². The van der Waals surface area contributed by atoms with E-state index in [1.807, 2.05) is 30.3 Å². The number of benzene rings is 1. The van der Waals surface area contributed by atoms with E-state index in [1.165, 1.54) is 0 Å². The minimum atomic E-state index is -0.208. The molecule has 0 spiro atoms. The van der Waals surface area contributed by atoms with Gasteiger partial charge in [0.15, 0.2) is 10.6 Å². The molecule has 0 bridgehead atoms. The summed E-state index contributed by atoms with van der Waals surface area (Å²) in [6, 6.07) is 9.42. The quantitative estimate of drug-likeness (QED) is 0.688. The van der Waals surface area contributed by atoms with Crippen molar-refractivity contribution < 1.29 is 14.3 Å². The maximum atomic E-state index is 12.5. The van der Waals surface area contributed by atoms with E-state index in [0.717, 1.165) is 18.6 Å². The summed E-state index contributed by atoms with van der Waals surface area (Å²) in [5.41, 5.74) is 0. The van der Waals surface area contributed by atoms with Gasteiger partial charge in [-0.1, -0.05) is 18.2 Å². The average Bonchev–Trinajstić information content (AvgIpc) is 3.05. The molecule has 28 heavy (non-hydrogen) atoms. The molecular weight excluding hydrogens is 378 g/mol. The van der Waals surface area contributed by atoms with E-state index in [-0.39, 0.29) is 17.7 Å². The number of ether oxygens (including phenoxy) is 1. The Balaban J connectivity index is 1.44. The Labute approximate surface area is 168 Å². The van der Waals surface area contributed by atoms with Crippen molar-refractivity contribution in [2.45, 2.75) is 25.8 Å². The third kappa shape index (κ3) is 5.19. The molecule has 1 atom stereocenters. The number of hydrogen-bond acceptors (Lipinski definition) is 5. The molecule has 1 aromatic heterocycles. The van der Waals surface area contributed by atoms with E-state index < -0.39 is 0 Å². The molecule has 8 nitrogen and oxygen atoms in total. The fraction of sp³-hybridized carbons (Fsp3) is 0.474. The first-order valence-electron chi connectivity index (χ1n) is 9.38. The summed E-state index contributed by atoms with van der Waals surface area (Å²) in [6.07, 6.45) is 1.89. The third-order valence-corrected chi connectivity index (χ3v) is 5.23. The van der Waals surface area contributed by atoms with Gasteiger partial charge in [0.2, 0.25) is 11.8 Å². The van der Waals surface area contributed by atoms with Crippen molar-refractivity contribution >= 4 is 24.0 Å². The predicted octanol–water partition coefficient (Wildman–Crippen LogP) is 1.80. The summed E-state index contributed by atoms with van der Waals surface area (Å²) in [4.78, 5) is 26.7. The summed E-state index contributed by atoms with van der Waals surface area (Å²) in [7, 11) is 1.80. The summed E-state index contributed by atoms with van der Waals surface area (Å²) in [5.74, 6) is 1.16. The van der Waals surface area contributed by atoms with Gasteiger partial charge < -0.3 is 19.5 Å². The largest absolute Gasteiger partial charge is 0.493 e. The van der Waals surface area contributed by atoms with Crippen LogP contribution >= 0.6 is 12.2 Å². The molecule has 3 rings (SSSR count). The highest BCUT2D eigenvalue weighted by atomic mass is 32.1. The molecule has 1 aliphatic rings. The molecule has 2 heterocycles. The number of hydrogen-bond donors (Lipinski definition) is 2. The Hall–Kier alpha value is -2.68. The molecule has 1 aromatic carbocycles. The lowest BCUT2D eigenvalue weighted by Crippen LogP contribution is -2.45. The Morgan fingerprint density at radius 1 is 1.36 bits per heavy atom. The van der Waals surface area contributed by atoms with Gasteiger partial charge in [-0.25, -0.2) is 0 Å². The minimum Gasteiger partial charge on any atom is -0.493 e. The molecule has 2 aromatic rings. The standard InChI is InChI=1S/C19H25N5O3S/c1-23-16(21-22-19(23)28)12-20-18(26)14-6-5-10-24(13-14)17(25)9-11-27-15-7-3-2-4-8-15/h2-4,7-8,14H,5-6,9-13H2,1H3,(H,20,26)(H,22,28). The molecule has 0 radical (unpaired) electrons. The molecule has 2 N–H and O–H groups in total. The minimum absolute atomic E-state index is 0.0166. The van der Waals surface area contributed by atoms with E-state index in [2.05, 4.69) is 15.5 Å². The van der Waals surface area contributed by atoms with Gasteiger partial charge in [0.05, 0.1) is 25.5 Å². The lowest BCUT2D eigenvalue weighted by molar-refractivity contribution is -0.136. The number of nitrogens with zero attached hydrogens (tertiary/aromatic N) is 3. The fourth-order valence-electron chi connectivity index (χ4n) is 3.20. The van der Waals surface area contributed by atoms with Gasteiger partial charge in [0, 0.05) is 20.1 Å². The number of piperidine rings is 1. The van der Waals surface area contributed by atoms with E-state index in [1.54, 1.807) is 16.5 Å². The Kier molecular flexibility index (Phi) is 6.80. The molecule has 1 saturated heterocycles.